The fourth-order valence-electron chi connectivity index (χ4n) is 4.03. The predicted molar refractivity (Wildman–Crippen MR) is 125 cm³/mol. The van der Waals surface area contributed by atoms with Crippen LogP contribution in [0.2, 0.25) is 5.02 Å². The molecule has 5 rings (SSSR count). The van der Waals surface area contributed by atoms with Crippen molar-refractivity contribution < 1.29 is 4.79 Å². The van der Waals surface area contributed by atoms with Gasteiger partial charge in [0.2, 0.25) is 5.91 Å². The van der Waals surface area contributed by atoms with Crippen LogP contribution in [0.25, 0.3) is 17.1 Å². The van der Waals surface area contributed by atoms with Gasteiger partial charge in [0.05, 0.1) is 18.7 Å². The van der Waals surface area contributed by atoms with Crippen LogP contribution in [0.15, 0.2) is 67.1 Å². The van der Waals surface area contributed by atoms with Gasteiger partial charge in [0.25, 0.3) is 0 Å². The summed E-state index contributed by atoms with van der Waals surface area (Å²) in [5, 5.41) is 4.82. The number of amides is 1. The second-order valence-corrected chi connectivity index (χ2v) is 8.57. The molecule has 160 valence electrons. The van der Waals surface area contributed by atoms with Crippen molar-refractivity contribution in [2.45, 2.75) is 32.7 Å². The predicted octanol–water partition coefficient (Wildman–Crippen LogP) is 5.20. The van der Waals surface area contributed by atoms with Crippen LogP contribution in [-0.2, 0) is 17.8 Å². The zero-order valence-corrected chi connectivity index (χ0v) is 18.6. The number of halogens is 1. The molecule has 0 N–H and O–H groups in total. The highest BCUT2D eigenvalue weighted by Gasteiger charge is 2.30. The van der Waals surface area contributed by atoms with Crippen LogP contribution in [0, 0.1) is 0 Å². The van der Waals surface area contributed by atoms with Gasteiger partial charge in [-0.1, -0.05) is 55.8 Å². The van der Waals surface area contributed by atoms with E-state index in [1.165, 1.54) is 5.56 Å². The Morgan fingerprint density at radius 1 is 1.12 bits per heavy atom. The number of fused-ring (bicyclic) bond motifs is 1. The first kappa shape index (κ1) is 20.4. The second-order valence-electron chi connectivity index (χ2n) is 8.17. The van der Waals surface area contributed by atoms with Crippen LogP contribution in [0.4, 0.5) is 5.82 Å². The van der Waals surface area contributed by atoms with Crippen LogP contribution in [0.5, 0.6) is 0 Å². The lowest BCUT2D eigenvalue weighted by Crippen LogP contribution is -2.27. The highest BCUT2D eigenvalue weighted by Crippen LogP contribution is 2.33. The van der Waals surface area contributed by atoms with Gasteiger partial charge in [-0.05, 0) is 35.2 Å². The van der Waals surface area contributed by atoms with Gasteiger partial charge in [-0.25, -0.2) is 14.6 Å². The van der Waals surface area contributed by atoms with E-state index in [-0.39, 0.29) is 5.91 Å². The highest BCUT2D eigenvalue weighted by molar-refractivity contribution is 6.31. The molecule has 6 nitrogen and oxygen atoms in total. The Kier molecular flexibility index (Phi) is 5.23. The van der Waals surface area contributed by atoms with Crippen LogP contribution in [0.3, 0.4) is 0 Å². The molecule has 0 saturated heterocycles. The van der Waals surface area contributed by atoms with Gasteiger partial charge in [-0.3, -0.25) is 9.69 Å². The summed E-state index contributed by atoms with van der Waals surface area (Å²) in [7, 11) is 0. The summed E-state index contributed by atoms with van der Waals surface area (Å²) < 4.78 is 1.75. The summed E-state index contributed by atoms with van der Waals surface area (Å²) in [5.74, 6) is 1.63. The summed E-state index contributed by atoms with van der Waals surface area (Å²) >= 11 is 6.57. The van der Waals surface area contributed by atoms with Crippen molar-refractivity contribution in [2.24, 2.45) is 0 Å². The molecule has 0 bridgehead atoms. The van der Waals surface area contributed by atoms with E-state index in [1.807, 2.05) is 48.7 Å². The van der Waals surface area contributed by atoms with E-state index in [1.54, 1.807) is 22.0 Å². The van der Waals surface area contributed by atoms with Crippen molar-refractivity contribution in [3.05, 3.63) is 88.8 Å². The van der Waals surface area contributed by atoms with Crippen LogP contribution in [-0.4, -0.2) is 25.7 Å². The summed E-state index contributed by atoms with van der Waals surface area (Å²) in [5.41, 5.74) is 4.73. The Hall–Kier alpha value is -3.51. The maximum absolute atomic E-state index is 12.8. The molecule has 7 heteroatoms. The van der Waals surface area contributed by atoms with Crippen molar-refractivity contribution in [2.75, 3.05) is 4.90 Å². The zero-order chi connectivity index (χ0) is 22.2. The summed E-state index contributed by atoms with van der Waals surface area (Å²) in [6.45, 7) is 4.65. The van der Waals surface area contributed by atoms with Crippen molar-refractivity contribution in [3.8, 4) is 17.1 Å². The lowest BCUT2D eigenvalue weighted by Gasteiger charge is -2.19. The fraction of sp³-hybridized carbons (Fsp3) is 0.200. The Morgan fingerprint density at radius 3 is 2.72 bits per heavy atom. The van der Waals surface area contributed by atoms with Crippen molar-refractivity contribution in [1.82, 2.24) is 19.7 Å². The molecule has 2 aromatic heterocycles. The molecule has 0 spiro atoms. The molecular formula is C25H22ClN5O. The average Bonchev–Trinajstić information content (AvgIpc) is 3.43. The van der Waals surface area contributed by atoms with Gasteiger partial charge >= 0.3 is 0 Å². The van der Waals surface area contributed by atoms with Crippen molar-refractivity contribution in [3.63, 3.8) is 0 Å². The molecule has 0 saturated carbocycles. The second kappa shape index (κ2) is 8.20. The smallest absolute Gasteiger partial charge is 0.233 e. The van der Waals surface area contributed by atoms with Crippen LogP contribution < -0.4 is 4.90 Å². The largest absolute Gasteiger partial charge is 0.292 e. The molecule has 1 aliphatic heterocycles. The quantitative estimate of drug-likeness (QED) is 0.425. The number of hydrogen-bond acceptors (Lipinski definition) is 4. The average molecular weight is 444 g/mol. The van der Waals surface area contributed by atoms with E-state index >= 15 is 0 Å². The SMILES string of the molecule is CC(C)c1ccccc1-c1ncc2c(n1)N(Cc1ccc(-n3cccn3)cc1Cl)C(=O)C2. The third-order valence-corrected chi connectivity index (χ3v) is 6.05. The number of hydrogen-bond donors (Lipinski definition) is 0. The molecule has 2 aromatic carbocycles. The minimum absolute atomic E-state index is 0.00388. The minimum atomic E-state index is -0.00388. The number of benzene rings is 2. The minimum Gasteiger partial charge on any atom is -0.292 e. The fourth-order valence-corrected chi connectivity index (χ4v) is 4.26. The van der Waals surface area contributed by atoms with Gasteiger partial charge in [0, 0.05) is 34.7 Å². The number of carbonyl (C=O) groups is 1. The van der Waals surface area contributed by atoms with Gasteiger partial charge in [0.15, 0.2) is 5.82 Å². The number of carbonyl (C=O) groups excluding carboxylic acids is 1. The summed E-state index contributed by atoms with van der Waals surface area (Å²) in [4.78, 5) is 23.9. The normalized spacial score (nSPS) is 13.1. The number of anilines is 1. The molecule has 1 amide bonds. The molecule has 0 unspecified atom stereocenters. The summed E-state index contributed by atoms with van der Waals surface area (Å²) in [6.07, 6.45) is 5.65. The molecule has 0 aliphatic carbocycles. The lowest BCUT2D eigenvalue weighted by molar-refractivity contribution is -0.117. The van der Waals surface area contributed by atoms with E-state index in [4.69, 9.17) is 16.6 Å². The zero-order valence-electron chi connectivity index (χ0n) is 17.9. The van der Waals surface area contributed by atoms with Crippen molar-refractivity contribution in [1.29, 1.82) is 0 Å². The first-order valence-electron chi connectivity index (χ1n) is 10.6. The van der Waals surface area contributed by atoms with E-state index in [0.717, 1.165) is 22.4 Å². The molecule has 0 radical (unpaired) electrons. The third-order valence-electron chi connectivity index (χ3n) is 5.70. The Balaban J connectivity index is 1.48. The number of nitrogens with zero attached hydrogens (tertiary/aromatic N) is 5. The monoisotopic (exact) mass is 443 g/mol. The molecular weight excluding hydrogens is 422 g/mol. The standard InChI is InChI=1S/C25H22ClN5O/c1-16(2)20-6-3-4-7-21(20)24-27-14-18-12-23(32)30(25(18)29-24)15-17-8-9-19(13-22(17)26)31-11-5-10-28-31/h3-11,13-14,16H,12,15H2,1-2H3. The molecule has 1 aliphatic rings. The Labute approximate surface area is 191 Å². The van der Waals surface area contributed by atoms with Crippen molar-refractivity contribution >= 4 is 23.3 Å². The molecule has 32 heavy (non-hydrogen) atoms. The molecule has 4 aromatic rings. The van der Waals surface area contributed by atoms with Gasteiger partial charge in [-0.15, -0.1) is 0 Å². The summed E-state index contributed by atoms with van der Waals surface area (Å²) in [6, 6.07) is 15.7. The van der Waals surface area contributed by atoms with E-state index in [9.17, 15) is 4.79 Å². The van der Waals surface area contributed by atoms with E-state index in [0.29, 0.717) is 35.5 Å². The molecule has 3 heterocycles. The van der Waals surface area contributed by atoms with Crippen LogP contribution in [0.1, 0.15) is 36.5 Å². The first-order valence-corrected chi connectivity index (χ1v) is 10.9. The van der Waals surface area contributed by atoms with Gasteiger partial charge in [-0.2, -0.15) is 5.10 Å². The maximum atomic E-state index is 12.8. The van der Waals surface area contributed by atoms with E-state index < -0.39 is 0 Å². The topological polar surface area (TPSA) is 63.9 Å². The maximum Gasteiger partial charge on any atom is 0.233 e. The highest BCUT2D eigenvalue weighted by atomic mass is 35.5. The van der Waals surface area contributed by atoms with Crippen LogP contribution >= 0.6 is 11.6 Å². The Bertz CT molecular complexity index is 1300. The molecule has 0 fully saturated rings. The lowest BCUT2D eigenvalue weighted by atomic mass is 9.97. The van der Waals surface area contributed by atoms with Gasteiger partial charge < -0.3 is 0 Å². The third kappa shape index (κ3) is 3.67. The Morgan fingerprint density at radius 2 is 1.97 bits per heavy atom. The number of aromatic nitrogens is 4. The number of rotatable bonds is 5. The first-order chi connectivity index (χ1) is 15.5. The van der Waals surface area contributed by atoms with E-state index in [2.05, 4.69) is 30.0 Å². The van der Waals surface area contributed by atoms with Gasteiger partial charge in [0.1, 0.15) is 5.82 Å². The molecule has 0 atom stereocenters.